The summed E-state index contributed by atoms with van der Waals surface area (Å²) >= 11 is 0. The second-order valence-corrected chi connectivity index (χ2v) is 5.35. The lowest BCUT2D eigenvalue weighted by molar-refractivity contribution is -0.149. The summed E-state index contributed by atoms with van der Waals surface area (Å²) in [6, 6.07) is 0. The molecule has 0 amide bonds. The van der Waals surface area contributed by atoms with Gasteiger partial charge in [-0.2, -0.15) is 0 Å². The van der Waals surface area contributed by atoms with Gasteiger partial charge in [0.1, 0.15) is 5.54 Å². The SMILES string of the molecule is CCN(CCN1CCCCC1)C(C)(C)C(=O)O. The maximum absolute atomic E-state index is 11.2. The number of rotatable bonds is 6. The van der Waals surface area contributed by atoms with Crippen molar-refractivity contribution in [3.05, 3.63) is 0 Å². The van der Waals surface area contributed by atoms with Gasteiger partial charge in [-0.15, -0.1) is 0 Å². The van der Waals surface area contributed by atoms with E-state index in [-0.39, 0.29) is 0 Å². The van der Waals surface area contributed by atoms with Crippen LogP contribution in [0.4, 0.5) is 0 Å². The van der Waals surface area contributed by atoms with Gasteiger partial charge in [-0.25, -0.2) is 0 Å². The zero-order valence-electron chi connectivity index (χ0n) is 11.4. The molecule has 0 unspecified atom stereocenters. The van der Waals surface area contributed by atoms with Gasteiger partial charge in [0.15, 0.2) is 0 Å². The van der Waals surface area contributed by atoms with E-state index in [1.54, 1.807) is 13.8 Å². The summed E-state index contributed by atoms with van der Waals surface area (Å²) in [6.45, 7) is 10.6. The number of likely N-dealkylation sites (tertiary alicyclic amines) is 1. The minimum absolute atomic E-state index is 0.738. The Bertz CT molecular complexity index is 248. The molecule has 4 nitrogen and oxygen atoms in total. The minimum Gasteiger partial charge on any atom is -0.480 e. The molecule has 1 fully saturated rings. The molecule has 1 aliphatic rings. The summed E-state index contributed by atoms with van der Waals surface area (Å²) in [4.78, 5) is 15.7. The summed E-state index contributed by atoms with van der Waals surface area (Å²) in [5.41, 5.74) is -0.759. The molecule has 4 heteroatoms. The van der Waals surface area contributed by atoms with E-state index in [1.165, 1.54) is 32.4 Å². The van der Waals surface area contributed by atoms with Gasteiger partial charge in [0, 0.05) is 13.1 Å². The normalized spacial score (nSPS) is 18.6. The summed E-state index contributed by atoms with van der Waals surface area (Å²) in [5, 5.41) is 9.22. The number of carbonyl (C=O) groups is 1. The van der Waals surface area contributed by atoms with Crippen molar-refractivity contribution < 1.29 is 9.90 Å². The Morgan fingerprint density at radius 3 is 2.35 bits per heavy atom. The van der Waals surface area contributed by atoms with Crippen LogP contribution in [0.5, 0.6) is 0 Å². The van der Waals surface area contributed by atoms with Crippen LogP contribution in [-0.2, 0) is 4.79 Å². The van der Waals surface area contributed by atoms with Crippen LogP contribution in [0.2, 0.25) is 0 Å². The van der Waals surface area contributed by atoms with Crippen molar-refractivity contribution in [3.63, 3.8) is 0 Å². The van der Waals surface area contributed by atoms with Crippen LogP contribution in [0.3, 0.4) is 0 Å². The highest BCUT2D eigenvalue weighted by Crippen LogP contribution is 2.15. The summed E-state index contributed by atoms with van der Waals surface area (Å²) in [7, 11) is 0. The van der Waals surface area contributed by atoms with Crippen LogP contribution < -0.4 is 0 Å². The lowest BCUT2D eigenvalue weighted by Gasteiger charge is -2.36. The standard InChI is InChI=1S/C13H26N2O2/c1-4-15(13(2,3)12(16)17)11-10-14-8-6-5-7-9-14/h4-11H2,1-3H3,(H,16,17). The summed E-state index contributed by atoms with van der Waals surface area (Å²) < 4.78 is 0. The number of carboxylic acids is 1. The molecule has 0 aromatic heterocycles. The maximum Gasteiger partial charge on any atom is 0.323 e. The Balaban J connectivity index is 2.43. The molecule has 0 bridgehead atoms. The highest BCUT2D eigenvalue weighted by molar-refractivity contribution is 5.77. The summed E-state index contributed by atoms with van der Waals surface area (Å²) in [5.74, 6) is -0.738. The van der Waals surface area contributed by atoms with E-state index in [2.05, 4.69) is 4.90 Å². The van der Waals surface area contributed by atoms with Crippen molar-refractivity contribution in [1.82, 2.24) is 9.80 Å². The molecule has 1 rings (SSSR count). The zero-order chi connectivity index (χ0) is 12.9. The summed E-state index contributed by atoms with van der Waals surface area (Å²) in [6.07, 6.45) is 3.91. The van der Waals surface area contributed by atoms with E-state index in [4.69, 9.17) is 0 Å². The first-order valence-corrected chi connectivity index (χ1v) is 6.69. The molecule has 1 aliphatic heterocycles. The van der Waals surface area contributed by atoms with Gasteiger partial charge in [-0.05, 0) is 46.3 Å². The van der Waals surface area contributed by atoms with Crippen molar-refractivity contribution in [1.29, 1.82) is 0 Å². The fourth-order valence-corrected chi connectivity index (χ4v) is 2.41. The largest absolute Gasteiger partial charge is 0.480 e. The molecule has 0 radical (unpaired) electrons. The van der Waals surface area contributed by atoms with Gasteiger partial charge in [-0.1, -0.05) is 13.3 Å². The van der Waals surface area contributed by atoms with Gasteiger partial charge in [0.05, 0.1) is 0 Å². The average Bonchev–Trinajstić information content (AvgIpc) is 2.30. The Hall–Kier alpha value is -0.610. The van der Waals surface area contributed by atoms with Gasteiger partial charge >= 0.3 is 5.97 Å². The van der Waals surface area contributed by atoms with Gasteiger partial charge in [0.2, 0.25) is 0 Å². The first-order chi connectivity index (χ1) is 7.98. The lowest BCUT2D eigenvalue weighted by Crippen LogP contribution is -2.52. The van der Waals surface area contributed by atoms with E-state index in [1.807, 2.05) is 11.8 Å². The molecule has 0 aliphatic carbocycles. The predicted molar refractivity (Wildman–Crippen MR) is 69.3 cm³/mol. The maximum atomic E-state index is 11.2. The highest BCUT2D eigenvalue weighted by atomic mass is 16.4. The van der Waals surface area contributed by atoms with Crippen LogP contribution in [0.15, 0.2) is 0 Å². The molecule has 17 heavy (non-hydrogen) atoms. The topological polar surface area (TPSA) is 43.8 Å². The molecular weight excluding hydrogens is 216 g/mol. The Morgan fingerprint density at radius 1 is 1.29 bits per heavy atom. The number of hydrogen-bond acceptors (Lipinski definition) is 3. The first kappa shape index (κ1) is 14.5. The van der Waals surface area contributed by atoms with E-state index >= 15 is 0 Å². The second kappa shape index (κ2) is 6.36. The number of likely N-dealkylation sites (N-methyl/N-ethyl adjacent to an activating group) is 1. The Kier molecular flexibility index (Phi) is 5.40. The molecule has 0 spiro atoms. The van der Waals surface area contributed by atoms with Crippen molar-refractivity contribution in [2.45, 2.75) is 45.6 Å². The third kappa shape index (κ3) is 3.96. The zero-order valence-corrected chi connectivity index (χ0v) is 11.4. The van der Waals surface area contributed by atoms with Crippen LogP contribution in [0.1, 0.15) is 40.0 Å². The molecule has 1 saturated heterocycles. The molecule has 1 heterocycles. The third-order valence-corrected chi connectivity index (χ3v) is 3.83. The lowest BCUT2D eigenvalue weighted by atomic mass is 10.0. The second-order valence-electron chi connectivity index (χ2n) is 5.35. The van der Waals surface area contributed by atoms with E-state index in [0.717, 1.165) is 19.6 Å². The quantitative estimate of drug-likeness (QED) is 0.769. The Morgan fingerprint density at radius 2 is 1.88 bits per heavy atom. The number of carboxylic acid groups (broad SMARTS) is 1. The first-order valence-electron chi connectivity index (χ1n) is 6.69. The third-order valence-electron chi connectivity index (χ3n) is 3.83. The van der Waals surface area contributed by atoms with Gasteiger partial charge < -0.3 is 10.0 Å². The average molecular weight is 242 g/mol. The van der Waals surface area contributed by atoms with Crippen molar-refractivity contribution >= 4 is 5.97 Å². The number of nitrogens with zero attached hydrogens (tertiary/aromatic N) is 2. The molecule has 1 N–H and O–H groups in total. The van der Waals surface area contributed by atoms with Gasteiger partial charge in [0.25, 0.3) is 0 Å². The predicted octanol–water partition coefficient (Wildman–Crippen LogP) is 1.66. The Labute approximate surface area is 105 Å². The van der Waals surface area contributed by atoms with E-state index in [0.29, 0.717) is 0 Å². The molecule has 100 valence electrons. The molecule has 0 aromatic rings. The van der Waals surface area contributed by atoms with Crippen LogP contribution in [0, 0.1) is 0 Å². The molecule has 0 atom stereocenters. The molecular formula is C13H26N2O2. The van der Waals surface area contributed by atoms with Crippen molar-refractivity contribution in [3.8, 4) is 0 Å². The smallest absolute Gasteiger partial charge is 0.323 e. The number of hydrogen-bond donors (Lipinski definition) is 1. The molecule has 0 aromatic carbocycles. The number of piperidine rings is 1. The van der Waals surface area contributed by atoms with Crippen LogP contribution >= 0.6 is 0 Å². The van der Waals surface area contributed by atoms with E-state index in [9.17, 15) is 9.90 Å². The fraction of sp³-hybridized carbons (Fsp3) is 0.923. The number of aliphatic carboxylic acids is 1. The van der Waals surface area contributed by atoms with E-state index < -0.39 is 11.5 Å². The van der Waals surface area contributed by atoms with Crippen molar-refractivity contribution in [2.24, 2.45) is 0 Å². The molecule has 0 saturated carbocycles. The van der Waals surface area contributed by atoms with Gasteiger partial charge in [-0.3, -0.25) is 9.69 Å². The minimum atomic E-state index is -0.759. The highest BCUT2D eigenvalue weighted by Gasteiger charge is 2.33. The van der Waals surface area contributed by atoms with Crippen LogP contribution in [-0.4, -0.2) is 59.1 Å². The van der Waals surface area contributed by atoms with Crippen LogP contribution in [0.25, 0.3) is 0 Å². The van der Waals surface area contributed by atoms with Crippen molar-refractivity contribution in [2.75, 3.05) is 32.7 Å². The fourth-order valence-electron chi connectivity index (χ4n) is 2.41. The monoisotopic (exact) mass is 242 g/mol.